The highest BCUT2D eigenvalue weighted by atomic mass is 19.1. The number of hydrogen-bond acceptors (Lipinski definition) is 1. The molecule has 0 radical (unpaired) electrons. The van der Waals surface area contributed by atoms with Gasteiger partial charge in [-0.3, -0.25) is 0 Å². The minimum absolute atomic E-state index is 0.129. The van der Waals surface area contributed by atoms with Gasteiger partial charge in [0.05, 0.1) is 6.33 Å². The summed E-state index contributed by atoms with van der Waals surface area (Å²) in [5, 5.41) is 0. The lowest BCUT2D eigenvalue weighted by atomic mass is 10.1. The summed E-state index contributed by atoms with van der Waals surface area (Å²) >= 11 is 0. The molecule has 0 unspecified atom stereocenters. The fourth-order valence-corrected chi connectivity index (χ4v) is 1.56. The van der Waals surface area contributed by atoms with E-state index in [1.807, 2.05) is 23.6 Å². The smallest absolute Gasteiger partial charge is 0.126 e. The van der Waals surface area contributed by atoms with Gasteiger partial charge in [0.15, 0.2) is 0 Å². The summed E-state index contributed by atoms with van der Waals surface area (Å²) in [6.45, 7) is 2.76. The maximum atomic E-state index is 13.3. The van der Waals surface area contributed by atoms with Crippen LogP contribution in [-0.2, 0) is 13.0 Å². The molecule has 0 atom stereocenters. The van der Waals surface area contributed by atoms with Crippen LogP contribution in [0.5, 0.6) is 0 Å². The molecule has 3 heteroatoms. The van der Waals surface area contributed by atoms with E-state index in [4.69, 9.17) is 0 Å². The number of hydrogen-bond donors (Lipinski definition) is 0. The second kappa shape index (κ2) is 4.26. The molecule has 1 aromatic heterocycles. The zero-order valence-electron chi connectivity index (χ0n) is 8.65. The van der Waals surface area contributed by atoms with Crippen LogP contribution in [0, 0.1) is 12.7 Å². The molecule has 0 aliphatic heterocycles. The van der Waals surface area contributed by atoms with Gasteiger partial charge >= 0.3 is 0 Å². The van der Waals surface area contributed by atoms with E-state index in [1.165, 1.54) is 6.07 Å². The van der Waals surface area contributed by atoms with Crippen LogP contribution in [0.2, 0.25) is 0 Å². The Kier molecular flexibility index (Phi) is 2.81. The maximum absolute atomic E-state index is 13.3. The molecule has 0 spiro atoms. The summed E-state index contributed by atoms with van der Waals surface area (Å²) in [7, 11) is 0. The number of nitrogens with zero attached hydrogens (tertiary/aromatic N) is 2. The lowest BCUT2D eigenvalue weighted by Crippen LogP contribution is -2.02. The topological polar surface area (TPSA) is 17.8 Å². The highest BCUT2D eigenvalue weighted by Gasteiger charge is 2.01. The lowest BCUT2D eigenvalue weighted by molar-refractivity contribution is 0.590. The van der Waals surface area contributed by atoms with Crippen LogP contribution in [0.4, 0.5) is 4.39 Å². The van der Waals surface area contributed by atoms with Gasteiger partial charge in [-0.15, -0.1) is 0 Å². The molecule has 0 aliphatic rings. The van der Waals surface area contributed by atoms with Crippen LogP contribution in [0.25, 0.3) is 0 Å². The van der Waals surface area contributed by atoms with E-state index in [9.17, 15) is 4.39 Å². The molecule has 15 heavy (non-hydrogen) atoms. The molecule has 0 saturated carbocycles. The molecule has 2 rings (SSSR count). The zero-order valence-corrected chi connectivity index (χ0v) is 8.65. The van der Waals surface area contributed by atoms with Gasteiger partial charge in [-0.2, -0.15) is 0 Å². The highest BCUT2D eigenvalue weighted by molar-refractivity contribution is 5.17. The van der Waals surface area contributed by atoms with Crippen molar-refractivity contribution >= 4 is 0 Å². The van der Waals surface area contributed by atoms with Crippen molar-refractivity contribution < 1.29 is 4.39 Å². The highest BCUT2D eigenvalue weighted by Crippen LogP contribution is 2.08. The summed E-state index contributed by atoms with van der Waals surface area (Å²) < 4.78 is 15.3. The summed E-state index contributed by atoms with van der Waals surface area (Å²) in [4.78, 5) is 4.03. The number of aromatic nitrogens is 2. The third kappa shape index (κ3) is 2.24. The van der Waals surface area contributed by atoms with E-state index < -0.39 is 0 Å². The lowest BCUT2D eigenvalue weighted by Gasteiger charge is -2.05. The third-order valence-corrected chi connectivity index (χ3v) is 2.50. The Hall–Kier alpha value is -1.64. The number of aryl methyl sites for hydroxylation is 3. The van der Waals surface area contributed by atoms with E-state index in [0.29, 0.717) is 6.42 Å². The van der Waals surface area contributed by atoms with E-state index >= 15 is 0 Å². The van der Waals surface area contributed by atoms with Crippen molar-refractivity contribution in [2.45, 2.75) is 19.9 Å². The quantitative estimate of drug-likeness (QED) is 0.751. The summed E-state index contributed by atoms with van der Waals surface area (Å²) in [6.07, 6.45) is 4.28. The minimum atomic E-state index is -0.129. The van der Waals surface area contributed by atoms with Gasteiger partial charge in [0.2, 0.25) is 0 Å². The van der Waals surface area contributed by atoms with Crippen LogP contribution in [-0.4, -0.2) is 9.55 Å². The van der Waals surface area contributed by atoms with Crippen molar-refractivity contribution in [3.05, 3.63) is 53.9 Å². The standard InChI is InChI=1S/C12H13FN2/c1-10-8-14-9-15(10)7-6-11-4-2-3-5-12(11)13/h2-5,8-9H,6-7H2,1H3. The summed E-state index contributed by atoms with van der Waals surface area (Å²) in [6, 6.07) is 6.89. The molecule has 0 amide bonds. The average Bonchev–Trinajstić information content (AvgIpc) is 2.63. The number of benzene rings is 1. The van der Waals surface area contributed by atoms with Crippen LogP contribution < -0.4 is 0 Å². The first kappa shape index (κ1) is 9.90. The minimum Gasteiger partial charge on any atom is -0.335 e. The largest absolute Gasteiger partial charge is 0.335 e. The SMILES string of the molecule is Cc1cncn1CCc1ccccc1F. The van der Waals surface area contributed by atoms with Gasteiger partial charge in [0.1, 0.15) is 5.82 Å². The second-order valence-electron chi connectivity index (χ2n) is 3.57. The zero-order chi connectivity index (χ0) is 10.7. The Labute approximate surface area is 88.4 Å². The van der Waals surface area contributed by atoms with Gasteiger partial charge in [0.25, 0.3) is 0 Å². The van der Waals surface area contributed by atoms with Crippen LogP contribution in [0.1, 0.15) is 11.3 Å². The molecule has 0 N–H and O–H groups in total. The van der Waals surface area contributed by atoms with Gasteiger partial charge in [-0.05, 0) is 25.0 Å². The Morgan fingerprint density at radius 1 is 1.33 bits per heavy atom. The molecule has 78 valence electrons. The fourth-order valence-electron chi connectivity index (χ4n) is 1.56. The van der Waals surface area contributed by atoms with Crippen LogP contribution >= 0.6 is 0 Å². The molecular weight excluding hydrogens is 191 g/mol. The monoisotopic (exact) mass is 204 g/mol. The molecule has 0 bridgehead atoms. The first-order valence-electron chi connectivity index (χ1n) is 4.97. The van der Waals surface area contributed by atoms with Crippen LogP contribution in [0.3, 0.4) is 0 Å². The number of halogens is 1. The van der Waals surface area contributed by atoms with Gasteiger partial charge in [-0.1, -0.05) is 18.2 Å². The average molecular weight is 204 g/mol. The van der Waals surface area contributed by atoms with Crippen molar-refractivity contribution in [3.63, 3.8) is 0 Å². The van der Waals surface area contributed by atoms with Gasteiger partial charge in [-0.25, -0.2) is 9.37 Å². The molecular formula is C12H13FN2. The van der Waals surface area contributed by atoms with Crippen molar-refractivity contribution in [1.82, 2.24) is 9.55 Å². The molecule has 1 aromatic carbocycles. The number of rotatable bonds is 3. The Morgan fingerprint density at radius 2 is 2.13 bits per heavy atom. The first-order valence-corrected chi connectivity index (χ1v) is 4.97. The van der Waals surface area contributed by atoms with Gasteiger partial charge in [0, 0.05) is 18.4 Å². The van der Waals surface area contributed by atoms with Crippen molar-refractivity contribution in [2.75, 3.05) is 0 Å². The van der Waals surface area contributed by atoms with E-state index in [2.05, 4.69) is 4.98 Å². The predicted molar refractivity (Wildman–Crippen MR) is 57.1 cm³/mol. The van der Waals surface area contributed by atoms with E-state index in [-0.39, 0.29) is 5.82 Å². The number of imidazole rings is 1. The maximum Gasteiger partial charge on any atom is 0.126 e. The Balaban J connectivity index is 2.06. The molecule has 0 saturated heterocycles. The third-order valence-electron chi connectivity index (χ3n) is 2.50. The van der Waals surface area contributed by atoms with Crippen LogP contribution in [0.15, 0.2) is 36.8 Å². The van der Waals surface area contributed by atoms with Crippen molar-refractivity contribution in [2.24, 2.45) is 0 Å². The molecule has 2 aromatic rings. The first-order chi connectivity index (χ1) is 7.27. The molecule has 0 aliphatic carbocycles. The second-order valence-corrected chi connectivity index (χ2v) is 3.57. The van der Waals surface area contributed by atoms with E-state index in [1.54, 1.807) is 18.6 Å². The van der Waals surface area contributed by atoms with Crippen molar-refractivity contribution in [1.29, 1.82) is 0 Å². The summed E-state index contributed by atoms with van der Waals surface area (Å²) in [5.74, 6) is -0.129. The molecule has 1 heterocycles. The normalized spacial score (nSPS) is 10.5. The molecule has 2 nitrogen and oxygen atoms in total. The predicted octanol–water partition coefficient (Wildman–Crippen LogP) is 2.57. The Bertz CT molecular complexity index is 448. The molecule has 0 fully saturated rings. The van der Waals surface area contributed by atoms with E-state index in [0.717, 1.165) is 17.8 Å². The van der Waals surface area contributed by atoms with Gasteiger partial charge < -0.3 is 4.57 Å². The Morgan fingerprint density at radius 3 is 2.80 bits per heavy atom. The fraction of sp³-hybridized carbons (Fsp3) is 0.250. The summed E-state index contributed by atoms with van der Waals surface area (Å²) in [5.41, 5.74) is 1.86. The van der Waals surface area contributed by atoms with Crippen molar-refractivity contribution in [3.8, 4) is 0 Å².